The van der Waals surface area contributed by atoms with Crippen LogP contribution in [0.3, 0.4) is 0 Å². The molecule has 0 atom stereocenters. The summed E-state index contributed by atoms with van der Waals surface area (Å²) in [6.07, 6.45) is 0. The molecule has 0 saturated carbocycles. The van der Waals surface area contributed by atoms with Crippen molar-refractivity contribution in [3.63, 3.8) is 0 Å². The normalized spacial score (nSPS) is 10.1. The van der Waals surface area contributed by atoms with Crippen LogP contribution in [-0.4, -0.2) is 7.11 Å². The Morgan fingerprint density at radius 3 is 2.29 bits per heavy atom. The van der Waals surface area contributed by atoms with Crippen molar-refractivity contribution in [2.24, 2.45) is 0 Å². The van der Waals surface area contributed by atoms with E-state index in [1.54, 1.807) is 18.4 Å². The van der Waals surface area contributed by atoms with E-state index in [2.05, 4.69) is 30.5 Å². The van der Waals surface area contributed by atoms with Gasteiger partial charge < -0.3 is 4.74 Å². The third-order valence-corrected chi connectivity index (χ3v) is 3.28. The lowest BCUT2D eigenvalue weighted by atomic mass is 10.1. The zero-order valence-electron chi connectivity index (χ0n) is 8.28. The third kappa shape index (κ3) is 1.66. The average Bonchev–Trinajstić information content (AvgIpc) is 2.65. The smallest absolute Gasteiger partial charge is 0.118 e. The molecule has 0 amide bonds. The summed E-state index contributed by atoms with van der Waals surface area (Å²) in [5, 5.41) is 2.12. The minimum absolute atomic E-state index is 0.906. The monoisotopic (exact) mass is 204 g/mol. The minimum atomic E-state index is 0.906. The van der Waals surface area contributed by atoms with E-state index in [1.807, 2.05) is 12.1 Å². The topological polar surface area (TPSA) is 9.23 Å². The highest BCUT2D eigenvalue weighted by molar-refractivity contribution is 7.13. The molecule has 1 heterocycles. The summed E-state index contributed by atoms with van der Waals surface area (Å²) in [5.74, 6) is 0.906. The molecular formula is C12H12OS. The van der Waals surface area contributed by atoms with Crippen LogP contribution in [0.25, 0.3) is 10.4 Å². The number of rotatable bonds is 2. The summed E-state index contributed by atoms with van der Waals surface area (Å²) in [6.45, 7) is 2.13. The van der Waals surface area contributed by atoms with Gasteiger partial charge in [0.25, 0.3) is 0 Å². The maximum atomic E-state index is 5.12. The second kappa shape index (κ2) is 3.84. The highest BCUT2D eigenvalue weighted by Gasteiger charge is 2.02. The largest absolute Gasteiger partial charge is 0.497 e. The molecule has 0 aliphatic rings. The Kier molecular flexibility index (Phi) is 2.55. The summed E-state index contributed by atoms with van der Waals surface area (Å²) in [7, 11) is 1.69. The summed E-state index contributed by atoms with van der Waals surface area (Å²) < 4.78 is 5.12. The van der Waals surface area contributed by atoms with Crippen LogP contribution < -0.4 is 4.74 Å². The number of thiophene rings is 1. The predicted molar refractivity (Wildman–Crippen MR) is 61.0 cm³/mol. The lowest BCUT2D eigenvalue weighted by molar-refractivity contribution is 0.415. The molecule has 0 fully saturated rings. The van der Waals surface area contributed by atoms with Crippen molar-refractivity contribution in [1.82, 2.24) is 0 Å². The molecular weight excluding hydrogens is 192 g/mol. The Morgan fingerprint density at radius 1 is 1.07 bits per heavy atom. The summed E-state index contributed by atoms with van der Waals surface area (Å²) in [4.78, 5) is 1.34. The van der Waals surface area contributed by atoms with Crippen molar-refractivity contribution >= 4 is 11.3 Å². The van der Waals surface area contributed by atoms with Gasteiger partial charge in [-0.1, -0.05) is 0 Å². The molecule has 1 nitrogen and oxygen atoms in total. The molecule has 0 unspecified atom stereocenters. The first kappa shape index (κ1) is 9.28. The Balaban J connectivity index is 2.39. The standard InChI is InChI=1S/C12H12OS/c1-9-7-8-14-12(9)10-3-5-11(13-2)6-4-10/h3-8H,1-2H3. The molecule has 0 bridgehead atoms. The van der Waals surface area contributed by atoms with Crippen molar-refractivity contribution in [2.75, 3.05) is 7.11 Å². The van der Waals surface area contributed by atoms with Crippen molar-refractivity contribution in [2.45, 2.75) is 6.92 Å². The van der Waals surface area contributed by atoms with Crippen molar-refractivity contribution in [3.8, 4) is 16.2 Å². The third-order valence-electron chi connectivity index (χ3n) is 2.21. The first-order chi connectivity index (χ1) is 6.81. The molecule has 14 heavy (non-hydrogen) atoms. The van der Waals surface area contributed by atoms with Gasteiger partial charge in [-0.2, -0.15) is 0 Å². The zero-order chi connectivity index (χ0) is 9.97. The van der Waals surface area contributed by atoms with Crippen LogP contribution in [0, 0.1) is 6.92 Å². The predicted octanol–water partition coefficient (Wildman–Crippen LogP) is 3.73. The van der Waals surface area contributed by atoms with Gasteiger partial charge in [-0.05, 0) is 53.8 Å². The first-order valence-electron chi connectivity index (χ1n) is 4.50. The van der Waals surface area contributed by atoms with Crippen molar-refractivity contribution in [1.29, 1.82) is 0 Å². The van der Waals surface area contributed by atoms with E-state index in [4.69, 9.17) is 4.74 Å². The Labute approximate surface area is 88.0 Å². The van der Waals surface area contributed by atoms with E-state index in [9.17, 15) is 0 Å². The van der Waals surface area contributed by atoms with E-state index in [1.165, 1.54) is 16.0 Å². The quantitative estimate of drug-likeness (QED) is 0.724. The van der Waals surface area contributed by atoms with E-state index in [-0.39, 0.29) is 0 Å². The lowest BCUT2D eigenvalue weighted by Crippen LogP contribution is -1.82. The fourth-order valence-corrected chi connectivity index (χ4v) is 2.35. The van der Waals surface area contributed by atoms with Crippen molar-refractivity contribution in [3.05, 3.63) is 41.3 Å². The molecule has 1 aromatic carbocycles. The molecule has 2 rings (SSSR count). The first-order valence-corrected chi connectivity index (χ1v) is 5.38. The number of aryl methyl sites for hydroxylation is 1. The van der Waals surface area contributed by atoms with Crippen molar-refractivity contribution < 1.29 is 4.74 Å². The maximum Gasteiger partial charge on any atom is 0.118 e. The van der Waals surface area contributed by atoms with Gasteiger partial charge >= 0.3 is 0 Å². The van der Waals surface area contributed by atoms with Gasteiger partial charge in [-0.25, -0.2) is 0 Å². The van der Waals surface area contributed by atoms with Crippen LogP contribution in [0.1, 0.15) is 5.56 Å². The average molecular weight is 204 g/mol. The molecule has 0 spiro atoms. The fraction of sp³-hybridized carbons (Fsp3) is 0.167. The minimum Gasteiger partial charge on any atom is -0.497 e. The van der Waals surface area contributed by atoms with Gasteiger partial charge in [0.15, 0.2) is 0 Å². The second-order valence-electron chi connectivity index (χ2n) is 3.16. The lowest BCUT2D eigenvalue weighted by Gasteiger charge is -2.02. The van der Waals surface area contributed by atoms with Crippen LogP contribution in [0.5, 0.6) is 5.75 Å². The van der Waals surface area contributed by atoms with E-state index < -0.39 is 0 Å². The number of ether oxygens (including phenoxy) is 1. The van der Waals surface area contributed by atoms with E-state index in [0.717, 1.165) is 5.75 Å². The Bertz CT molecular complexity index is 414. The van der Waals surface area contributed by atoms with Crippen LogP contribution in [0.15, 0.2) is 35.7 Å². The molecule has 0 N–H and O–H groups in total. The SMILES string of the molecule is COc1ccc(-c2sccc2C)cc1. The number of methoxy groups -OCH3 is 1. The van der Waals surface area contributed by atoms with Gasteiger partial charge in [0.2, 0.25) is 0 Å². The van der Waals surface area contributed by atoms with E-state index >= 15 is 0 Å². The fourth-order valence-electron chi connectivity index (χ4n) is 1.41. The Morgan fingerprint density at radius 2 is 1.79 bits per heavy atom. The molecule has 2 aromatic rings. The van der Waals surface area contributed by atoms with Gasteiger partial charge in [0.1, 0.15) is 5.75 Å². The number of benzene rings is 1. The van der Waals surface area contributed by atoms with Crippen LogP contribution in [-0.2, 0) is 0 Å². The van der Waals surface area contributed by atoms with Crippen LogP contribution >= 0.6 is 11.3 Å². The molecule has 0 aliphatic heterocycles. The molecule has 1 aromatic heterocycles. The van der Waals surface area contributed by atoms with Gasteiger partial charge in [-0.3, -0.25) is 0 Å². The van der Waals surface area contributed by atoms with Crippen LogP contribution in [0.4, 0.5) is 0 Å². The van der Waals surface area contributed by atoms with Crippen LogP contribution in [0.2, 0.25) is 0 Å². The Hall–Kier alpha value is -1.28. The summed E-state index contributed by atoms with van der Waals surface area (Å²) in [5.41, 5.74) is 2.60. The maximum absolute atomic E-state index is 5.12. The highest BCUT2D eigenvalue weighted by Crippen LogP contribution is 2.29. The van der Waals surface area contributed by atoms with Gasteiger partial charge in [0.05, 0.1) is 7.11 Å². The molecule has 0 saturated heterocycles. The molecule has 2 heteroatoms. The molecule has 0 radical (unpaired) electrons. The van der Waals surface area contributed by atoms with Gasteiger partial charge in [-0.15, -0.1) is 11.3 Å². The number of hydrogen-bond acceptors (Lipinski definition) is 2. The van der Waals surface area contributed by atoms with Gasteiger partial charge in [0, 0.05) is 4.88 Å². The highest BCUT2D eigenvalue weighted by atomic mass is 32.1. The molecule has 72 valence electrons. The summed E-state index contributed by atoms with van der Waals surface area (Å²) >= 11 is 1.78. The summed E-state index contributed by atoms with van der Waals surface area (Å²) in [6, 6.07) is 10.3. The zero-order valence-corrected chi connectivity index (χ0v) is 9.10. The second-order valence-corrected chi connectivity index (χ2v) is 4.08. The molecule has 0 aliphatic carbocycles. The van der Waals surface area contributed by atoms with E-state index in [0.29, 0.717) is 0 Å². The number of hydrogen-bond donors (Lipinski definition) is 0.